The summed E-state index contributed by atoms with van der Waals surface area (Å²) in [5.41, 5.74) is 3.60. The molecule has 1 N–H and O–H groups in total. The molecule has 0 aliphatic carbocycles. The Kier molecular flexibility index (Phi) is 5.31. The number of aromatic nitrogens is 2. The van der Waals surface area contributed by atoms with Crippen LogP contribution in [0.3, 0.4) is 0 Å². The first-order chi connectivity index (χ1) is 15.1. The van der Waals surface area contributed by atoms with Gasteiger partial charge in [-0.15, -0.1) is 0 Å². The van der Waals surface area contributed by atoms with Crippen LogP contribution in [0.1, 0.15) is 51.9 Å². The van der Waals surface area contributed by atoms with E-state index in [0.717, 1.165) is 48.2 Å². The minimum absolute atomic E-state index is 0.120. The first-order valence-corrected chi connectivity index (χ1v) is 11.0. The van der Waals surface area contributed by atoms with E-state index >= 15 is 0 Å². The number of nitrogens with one attached hydrogen (secondary N) is 1. The van der Waals surface area contributed by atoms with Crippen molar-refractivity contribution >= 4 is 11.8 Å². The molecule has 3 aliphatic rings. The van der Waals surface area contributed by atoms with Crippen LogP contribution in [0.5, 0.6) is 0 Å². The molecular formula is C23H27N5O3. The summed E-state index contributed by atoms with van der Waals surface area (Å²) in [6.45, 7) is 4.33. The van der Waals surface area contributed by atoms with Crippen LogP contribution >= 0.6 is 0 Å². The van der Waals surface area contributed by atoms with Gasteiger partial charge in [0.05, 0.1) is 6.54 Å². The molecule has 0 unspecified atom stereocenters. The largest absolute Gasteiger partial charge is 0.337 e. The number of hydrogen-bond donors (Lipinski definition) is 1. The number of aromatic amines is 1. The number of likely N-dealkylation sites (tertiary alicyclic amines) is 1. The Bertz CT molecular complexity index is 1050. The van der Waals surface area contributed by atoms with Crippen molar-refractivity contribution in [1.82, 2.24) is 24.7 Å². The SMILES string of the molecule is O=C(CN1CCCCC1)N1CCc2c(c[nH]c(=O)c2C(=O)N2Cc3ccncc3C2)C1. The summed E-state index contributed by atoms with van der Waals surface area (Å²) in [4.78, 5) is 51.4. The second kappa shape index (κ2) is 8.26. The monoisotopic (exact) mass is 421 g/mol. The molecule has 162 valence electrons. The molecule has 0 radical (unpaired) electrons. The van der Waals surface area contributed by atoms with E-state index in [1.54, 1.807) is 23.5 Å². The standard InChI is InChI=1S/C23H27N5O3/c29-20(15-26-7-2-1-3-8-26)27-9-5-19-18(14-27)11-25-22(30)21(19)23(31)28-12-16-4-6-24-10-17(16)13-28/h4,6,10-11H,1-3,5,7-9,12-15H2,(H,25,30). The maximum absolute atomic E-state index is 13.3. The molecule has 0 spiro atoms. The Morgan fingerprint density at radius 2 is 1.74 bits per heavy atom. The summed E-state index contributed by atoms with van der Waals surface area (Å²) in [5.74, 6) is -0.128. The van der Waals surface area contributed by atoms with Gasteiger partial charge in [-0.3, -0.25) is 24.3 Å². The number of carbonyl (C=O) groups excluding carboxylic acids is 2. The third-order valence-corrected chi connectivity index (χ3v) is 6.68. The van der Waals surface area contributed by atoms with Gasteiger partial charge >= 0.3 is 0 Å². The first kappa shape index (κ1) is 19.9. The molecule has 0 bridgehead atoms. The fourth-order valence-electron chi connectivity index (χ4n) is 4.94. The number of nitrogens with zero attached hydrogens (tertiary/aromatic N) is 4. The van der Waals surface area contributed by atoms with Crippen LogP contribution in [0.2, 0.25) is 0 Å². The highest BCUT2D eigenvalue weighted by molar-refractivity contribution is 5.96. The van der Waals surface area contributed by atoms with Gasteiger partial charge in [-0.05, 0) is 60.7 Å². The third-order valence-electron chi connectivity index (χ3n) is 6.68. The Hall–Kier alpha value is -3.00. The highest BCUT2D eigenvalue weighted by Gasteiger charge is 2.31. The molecule has 5 heterocycles. The van der Waals surface area contributed by atoms with Gasteiger partial charge in [0.2, 0.25) is 5.91 Å². The molecule has 0 aromatic carbocycles. The van der Waals surface area contributed by atoms with Crippen LogP contribution in [0.25, 0.3) is 0 Å². The molecule has 2 aromatic rings. The molecular weight excluding hydrogens is 394 g/mol. The van der Waals surface area contributed by atoms with Gasteiger partial charge in [-0.1, -0.05) is 6.42 Å². The molecule has 0 atom stereocenters. The lowest BCUT2D eigenvalue weighted by atomic mass is 9.96. The normalized spacial score (nSPS) is 18.6. The van der Waals surface area contributed by atoms with Crippen LogP contribution in [-0.2, 0) is 30.8 Å². The molecule has 2 aromatic heterocycles. The van der Waals surface area contributed by atoms with Crippen LogP contribution in [0.15, 0.2) is 29.5 Å². The maximum atomic E-state index is 13.3. The lowest BCUT2D eigenvalue weighted by molar-refractivity contribution is -0.133. The van der Waals surface area contributed by atoms with E-state index in [0.29, 0.717) is 39.1 Å². The van der Waals surface area contributed by atoms with E-state index in [4.69, 9.17) is 0 Å². The van der Waals surface area contributed by atoms with Gasteiger partial charge in [-0.25, -0.2) is 0 Å². The van der Waals surface area contributed by atoms with Crippen molar-refractivity contribution in [3.05, 3.63) is 62.8 Å². The third kappa shape index (κ3) is 3.87. The summed E-state index contributed by atoms with van der Waals surface area (Å²) < 4.78 is 0. The van der Waals surface area contributed by atoms with E-state index in [-0.39, 0.29) is 22.9 Å². The summed E-state index contributed by atoms with van der Waals surface area (Å²) in [5, 5.41) is 0. The number of fused-ring (bicyclic) bond motifs is 2. The summed E-state index contributed by atoms with van der Waals surface area (Å²) in [6.07, 6.45) is 9.23. The minimum Gasteiger partial charge on any atom is -0.337 e. The number of hydrogen-bond acceptors (Lipinski definition) is 5. The van der Waals surface area contributed by atoms with Gasteiger partial charge < -0.3 is 14.8 Å². The summed E-state index contributed by atoms with van der Waals surface area (Å²) in [7, 11) is 0. The predicted molar refractivity (Wildman–Crippen MR) is 114 cm³/mol. The van der Waals surface area contributed by atoms with Crippen LogP contribution in [0.4, 0.5) is 0 Å². The molecule has 5 rings (SSSR count). The fraction of sp³-hybridized carbons (Fsp3) is 0.478. The number of pyridine rings is 2. The topological polar surface area (TPSA) is 89.6 Å². The number of amides is 2. The average molecular weight is 422 g/mol. The number of piperidine rings is 1. The molecule has 3 aliphatic heterocycles. The van der Waals surface area contributed by atoms with E-state index in [2.05, 4.69) is 14.9 Å². The van der Waals surface area contributed by atoms with E-state index < -0.39 is 0 Å². The second-order valence-corrected chi connectivity index (χ2v) is 8.70. The average Bonchev–Trinajstić information content (AvgIpc) is 3.23. The van der Waals surface area contributed by atoms with Crippen LogP contribution < -0.4 is 5.56 Å². The van der Waals surface area contributed by atoms with Gasteiger partial charge in [0.15, 0.2) is 0 Å². The number of H-pyrrole nitrogens is 1. The Balaban J connectivity index is 1.33. The van der Waals surface area contributed by atoms with Crippen LogP contribution in [0, 0.1) is 0 Å². The molecule has 2 amide bonds. The van der Waals surface area contributed by atoms with Gasteiger partial charge in [0, 0.05) is 44.8 Å². The maximum Gasteiger partial charge on any atom is 0.261 e. The second-order valence-electron chi connectivity index (χ2n) is 8.70. The molecule has 8 nitrogen and oxygen atoms in total. The van der Waals surface area contributed by atoms with Gasteiger partial charge in [0.1, 0.15) is 5.56 Å². The van der Waals surface area contributed by atoms with Crippen molar-refractivity contribution in [2.24, 2.45) is 0 Å². The zero-order valence-corrected chi connectivity index (χ0v) is 17.6. The quantitative estimate of drug-likeness (QED) is 0.807. The zero-order valence-electron chi connectivity index (χ0n) is 17.6. The minimum atomic E-state index is -0.356. The molecule has 31 heavy (non-hydrogen) atoms. The lowest BCUT2D eigenvalue weighted by Gasteiger charge is -2.33. The highest BCUT2D eigenvalue weighted by atomic mass is 16.2. The molecule has 8 heteroatoms. The van der Waals surface area contributed by atoms with Crippen LogP contribution in [-0.4, -0.2) is 62.7 Å². The van der Waals surface area contributed by atoms with Crippen molar-refractivity contribution in [2.75, 3.05) is 26.2 Å². The Morgan fingerprint density at radius 1 is 0.968 bits per heavy atom. The lowest BCUT2D eigenvalue weighted by Crippen LogP contribution is -2.45. The fourth-order valence-corrected chi connectivity index (χ4v) is 4.94. The Labute approximate surface area is 180 Å². The smallest absolute Gasteiger partial charge is 0.261 e. The van der Waals surface area contributed by atoms with Crippen molar-refractivity contribution in [1.29, 1.82) is 0 Å². The van der Waals surface area contributed by atoms with Gasteiger partial charge in [0.25, 0.3) is 11.5 Å². The van der Waals surface area contributed by atoms with E-state index in [1.165, 1.54) is 6.42 Å². The van der Waals surface area contributed by atoms with Crippen molar-refractivity contribution in [3.63, 3.8) is 0 Å². The molecule has 0 saturated carbocycles. The van der Waals surface area contributed by atoms with Crippen molar-refractivity contribution < 1.29 is 9.59 Å². The van der Waals surface area contributed by atoms with E-state index in [1.807, 2.05) is 11.0 Å². The van der Waals surface area contributed by atoms with E-state index in [9.17, 15) is 14.4 Å². The van der Waals surface area contributed by atoms with Gasteiger partial charge in [-0.2, -0.15) is 0 Å². The zero-order chi connectivity index (χ0) is 21.4. The Morgan fingerprint density at radius 3 is 2.55 bits per heavy atom. The summed E-state index contributed by atoms with van der Waals surface area (Å²) >= 11 is 0. The molecule has 1 saturated heterocycles. The highest BCUT2D eigenvalue weighted by Crippen LogP contribution is 2.26. The first-order valence-electron chi connectivity index (χ1n) is 11.0. The molecule has 1 fully saturated rings. The summed E-state index contributed by atoms with van der Waals surface area (Å²) in [6, 6.07) is 1.92. The van der Waals surface area contributed by atoms with Crippen molar-refractivity contribution in [3.8, 4) is 0 Å². The number of carbonyl (C=O) groups is 2. The number of rotatable bonds is 3. The van der Waals surface area contributed by atoms with Crippen molar-refractivity contribution in [2.45, 2.75) is 45.3 Å². The predicted octanol–water partition coefficient (Wildman–Crippen LogP) is 1.30.